The molecule has 2 aromatic rings. The molecular weight excluding hydrogens is 376 g/mol. The predicted octanol–water partition coefficient (Wildman–Crippen LogP) is 5.65. The molecule has 0 aliphatic rings. The predicted molar refractivity (Wildman–Crippen MR) is 71.0 cm³/mol. The minimum Gasteiger partial charge on any atom is -0.341 e. The Hall–Kier alpha value is -2.20. The van der Waals surface area contributed by atoms with E-state index in [2.05, 4.69) is 4.74 Å². The van der Waals surface area contributed by atoms with Crippen LogP contribution in [0.5, 0.6) is 0 Å². The Morgan fingerprint density at radius 2 is 1.50 bits per heavy atom. The van der Waals surface area contributed by atoms with Gasteiger partial charge >= 0.3 is 12.4 Å². The van der Waals surface area contributed by atoms with Gasteiger partial charge in [0.15, 0.2) is 0 Å². The Kier molecular flexibility index (Phi) is 5.57. The van der Waals surface area contributed by atoms with Gasteiger partial charge in [-0.15, -0.1) is 0 Å². The summed E-state index contributed by atoms with van der Waals surface area (Å²) in [4.78, 5) is 0. The van der Waals surface area contributed by atoms with Gasteiger partial charge in [-0.25, -0.2) is 8.78 Å². The summed E-state index contributed by atoms with van der Waals surface area (Å²) in [5, 5.41) is 11.9. The minimum absolute atomic E-state index is 0.0917. The summed E-state index contributed by atoms with van der Waals surface area (Å²) in [7, 11) is 0. The van der Waals surface area contributed by atoms with Gasteiger partial charge in [-0.1, -0.05) is 18.2 Å². The highest BCUT2D eigenvalue weighted by atomic mass is 19.4. The fraction of sp³-hybridized carbons (Fsp3) is 0.250. The van der Waals surface area contributed by atoms with Crippen molar-refractivity contribution in [3.63, 3.8) is 0 Å². The fourth-order valence-electron chi connectivity index (χ4n) is 2.14. The average molecular weight is 385 g/mol. The third-order valence-corrected chi connectivity index (χ3v) is 3.35. The lowest BCUT2D eigenvalue weighted by Gasteiger charge is -2.17. The second-order valence-corrected chi connectivity index (χ2v) is 5.15. The molecule has 10 heteroatoms. The molecule has 2 nitrogen and oxygen atoms in total. The average Bonchev–Trinajstić information content (AvgIpc) is 2.51. The molecule has 1 unspecified atom stereocenters. The van der Waals surface area contributed by atoms with Crippen LogP contribution in [-0.4, -0.2) is 0 Å². The molecule has 0 aliphatic heterocycles. The lowest BCUT2D eigenvalue weighted by atomic mass is 10.1. The van der Waals surface area contributed by atoms with Gasteiger partial charge < -0.3 is 4.74 Å². The summed E-state index contributed by atoms with van der Waals surface area (Å²) in [6, 6.07) is 3.47. The number of alkyl halides is 6. The third kappa shape index (κ3) is 4.50. The van der Waals surface area contributed by atoms with Gasteiger partial charge in [0, 0.05) is 11.1 Å². The van der Waals surface area contributed by atoms with Crippen LogP contribution in [0.15, 0.2) is 36.4 Å². The van der Waals surface area contributed by atoms with Gasteiger partial charge in [0.1, 0.15) is 11.6 Å². The molecule has 0 aromatic heterocycles. The number of benzene rings is 2. The zero-order valence-corrected chi connectivity index (χ0v) is 12.6. The topological polar surface area (TPSA) is 29.1 Å². The SMILES string of the molecule is [O]C(OCc1cccc(C(F)(F)F)c1F)c1ccc(F)cc1C(F)(F)F. The normalized spacial score (nSPS) is 13.7. The first-order valence-corrected chi connectivity index (χ1v) is 6.90. The number of hydrogen-bond donors (Lipinski definition) is 0. The van der Waals surface area contributed by atoms with Crippen LogP contribution >= 0.6 is 0 Å². The molecule has 141 valence electrons. The molecule has 0 spiro atoms. The molecular formula is C16H9F8O2. The molecule has 0 amide bonds. The zero-order chi connectivity index (χ0) is 19.7. The van der Waals surface area contributed by atoms with E-state index in [4.69, 9.17) is 0 Å². The molecule has 0 N–H and O–H groups in total. The molecule has 1 radical (unpaired) electrons. The maximum absolute atomic E-state index is 13.8. The van der Waals surface area contributed by atoms with Crippen molar-refractivity contribution in [3.05, 3.63) is 70.3 Å². The molecule has 26 heavy (non-hydrogen) atoms. The van der Waals surface area contributed by atoms with Gasteiger partial charge in [-0.05, 0) is 18.2 Å². The Bertz CT molecular complexity index is 783. The van der Waals surface area contributed by atoms with Crippen LogP contribution in [0.3, 0.4) is 0 Å². The second kappa shape index (κ2) is 7.20. The van der Waals surface area contributed by atoms with E-state index in [0.717, 1.165) is 12.1 Å². The lowest BCUT2D eigenvalue weighted by Crippen LogP contribution is -2.14. The van der Waals surface area contributed by atoms with Crippen LogP contribution in [0.25, 0.3) is 0 Å². The molecule has 2 aromatic carbocycles. The van der Waals surface area contributed by atoms with Crippen LogP contribution in [0, 0.1) is 11.6 Å². The highest BCUT2D eigenvalue weighted by Crippen LogP contribution is 2.36. The maximum atomic E-state index is 13.8. The zero-order valence-electron chi connectivity index (χ0n) is 12.6. The fourth-order valence-corrected chi connectivity index (χ4v) is 2.14. The van der Waals surface area contributed by atoms with Crippen molar-refractivity contribution in [2.24, 2.45) is 0 Å². The van der Waals surface area contributed by atoms with E-state index in [1.807, 2.05) is 0 Å². The van der Waals surface area contributed by atoms with Gasteiger partial charge in [-0.3, -0.25) is 0 Å². The number of hydrogen-bond acceptors (Lipinski definition) is 1. The molecule has 0 saturated carbocycles. The minimum atomic E-state index is -5.05. The molecule has 0 saturated heterocycles. The van der Waals surface area contributed by atoms with Crippen molar-refractivity contribution < 1.29 is 45.0 Å². The maximum Gasteiger partial charge on any atom is 0.419 e. The molecule has 0 aliphatic carbocycles. The van der Waals surface area contributed by atoms with E-state index < -0.39 is 59.1 Å². The number of rotatable bonds is 4. The van der Waals surface area contributed by atoms with Gasteiger partial charge in [0.2, 0.25) is 6.29 Å². The van der Waals surface area contributed by atoms with Crippen molar-refractivity contribution in [2.75, 3.05) is 0 Å². The summed E-state index contributed by atoms with van der Waals surface area (Å²) < 4.78 is 108. The number of ether oxygens (including phenoxy) is 1. The van der Waals surface area contributed by atoms with Crippen LogP contribution < -0.4 is 0 Å². The summed E-state index contributed by atoms with van der Waals surface area (Å²) in [5.41, 5.74) is -4.80. The van der Waals surface area contributed by atoms with Gasteiger partial charge in [0.05, 0.1) is 17.7 Å². The summed E-state index contributed by atoms with van der Waals surface area (Å²) in [5.74, 6) is -2.93. The van der Waals surface area contributed by atoms with Crippen molar-refractivity contribution in [2.45, 2.75) is 25.2 Å². The highest BCUT2D eigenvalue weighted by molar-refractivity contribution is 5.32. The Morgan fingerprint density at radius 1 is 0.885 bits per heavy atom. The Balaban J connectivity index is 2.24. The van der Waals surface area contributed by atoms with E-state index in [1.54, 1.807) is 0 Å². The first-order chi connectivity index (χ1) is 11.9. The molecule has 1 atom stereocenters. The Morgan fingerprint density at radius 3 is 2.08 bits per heavy atom. The molecule has 0 heterocycles. The van der Waals surface area contributed by atoms with E-state index >= 15 is 0 Å². The first kappa shape index (κ1) is 20.1. The van der Waals surface area contributed by atoms with Crippen molar-refractivity contribution >= 4 is 0 Å². The van der Waals surface area contributed by atoms with Crippen LogP contribution in [0.2, 0.25) is 0 Å². The quantitative estimate of drug-likeness (QED) is 0.494. The van der Waals surface area contributed by atoms with Crippen molar-refractivity contribution in [1.29, 1.82) is 0 Å². The van der Waals surface area contributed by atoms with Crippen LogP contribution in [0.4, 0.5) is 35.1 Å². The van der Waals surface area contributed by atoms with Crippen LogP contribution in [-0.2, 0) is 28.8 Å². The lowest BCUT2D eigenvalue weighted by molar-refractivity contribution is -0.167. The van der Waals surface area contributed by atoms with E-state index in [0.29, 0.717) is 18.2 Å². The summed E-state index contributed by atoms with van der Waals surface area (Å²) in [6.45, 7) is -1.00. The molecule has 0 fully saturated rings. The van der Waals surface area contributed by atoms with E-state index in [-0.39, 0.29) is 6.07 Å². The monoisotopic (exact) mass is 385 g/mol. The highest BCUT2D eigenvalue weighted by Gasteiger charge is 2.37. The summed E-state index contributed by atoms with van der Waals surface area (Å²) >= 11 is 0. The van der Waals surface area contributed by atoms with E-state index in [9.17, 15) is 40.2 Å². The largest absolute Gasteiger partial charge is 0.419 e. The molecule has 2 rings (SSSR count). The Labute approximate surface area is 141 Å². The first-order valence-electron chi connectivity index (χ1n) is 6.90. The molecule has 0 bridgehead atoms. The van der Waals surface area contributed by atoms with Gasteiger partial charge in [-0.2, -0.15) is 31.4 Å². The van der Waals surface area contributed by atoms with Crippen LogP contribution in [0.1, 0.15) is 28.5 Å². The smallest absolute Gasteiger partial charge is 0.341 e. The number of halogens is 8. The van der Waals surface area contributed by atoms with Crippen molar-refractivity contribution in [3.8, 4) is 0 Å². The third-order valence-electron chi connectivity index (χ3n) is 3.35. The standard InChI is InChI=1S/C16H9F8O2/c17-9-4-5-10(12(6-9)16(22,23)24)14(25)26-7-8-2-1-3-11(13(8)18)15(19,20)21/h1-6,14H,7H2. The van der Waals surface area contributed by atoms with Gasteiger partial charge in [0.25, 0.3) is 0 Å². The van der Waals surface area contributed by atoms with Crippen molar-refractivity contribution in [1.82, 2.24) is 0 Å². The summed E-state index contributed by atoms with van der Waals surface area (Å²) in [6.07, 6.45) is -12.6. The van der Waals surface area contributed by atoms with E-state index in [1.165, 1.54) is 0 Å². The second-order valence-electron chi connectivity index (χ2n) is 5.15.